The Bertz CT molecular complexity index is 179. The van der Waals surface area contributed by atoms with Crippen LogP contribution in [0.1, 0.15) is 38.5 Å². The molecule has 0 saturated heterocycles. The Morgan fingerprint density at radius 1 is 1.00 bits per heavy atom. The molecule has 4 aliphatic carbocycles. The lowest BCUT2D eigenvalue weighted by molar-refractivity contribution is -0.0408. The number of hydrogen-bond donors (Lipinski definition) is 0. The minimum Gasteiger partial charge on any atom is -0.171 e. The molecule has 0 aromatic heterocycles. The maximum atomic E-state index is 5.97. The fourth-order valence-electron chi connectivity index (χ4n) is 4.65. The Balaban J connectivity index is 1.83. The van der Waals surface area contributed by atoms with Crippen LogP contribution in [0, 0.1) is 23.2 Å². The number of halogens is 1. The van der Waals surface area contributed by atoms with E-state index in [0.717, 1.165) is 23.2 Å². The van der Waals surface area contributed by atoms with E-state index in [1.165, 1.54) is 25.3 Å². The predicted molar refractivity (Wildman–Crippen MR) is 57.0 cm³/mol. The van der Waals surface area contributed by atoms with Crippen molar-refractivity contribution in [3.8, 4) is 0 Å². The van der Waals surface area contributed by atoms with E-state index in [0.29, 0.717) is 8.83 Å². The molecule has 0 aliphatic heterocycles. The van der Waals surface area contributed by atoms with E-state index < -0.39 is 0 Å². The van der Waals surface area contributed by atoms with Crippen LogP contribution in [-0.2, 0) is 0 Å². The summed E-state index contributed by atoms with van der Waals surface area (Å²) in [6.45, 7) is 0. The van der Waals surface area contributed by atoms with Gasteiger partial charge in [-0.1, -0.05) is 0 Å². The zero-order valence-electron chi connectivity index (χ0n) is 8.06. The fraction of sp³-hybridized carbons (Fsp3) is 1.00. The summed E-state index contributed by atoms with van der Waals surface area (Å²) in [7, 11) is 0.673. The first-order chi connectivity index (χ1) is 6.30. The molecule has 4 bridgehead atoms. The van der Waals surface area contributed by atoms with Gasteiger partial charge in [0.05, 0.1) is 0 Å². The van der Waals surface area contributed by atoms with Crippen molar-refractivity contribution >= 4 is 19.9 Å². The van der Waals surface area contributed by atoms with E-state index in [4.69, 9.17) is 11.1 Å². The summed E-state index contributed by atoms with van der Waals surface area (Å²) in [6, 6.07) is 1.33. The molecule has 0 aromatic carbocycles. The van der Waals surface area contributed by atoms with Gasteiger partial charge in [0.2, 0.25) is 0 Å². The Morgan fingerprint density at radius 3 is 1.85 bits per heavy atom. The van der Waals surface area contributed by atoms with Crippen molar-refractivity contribution in [3.63, 3.8) is 0 Å². The third-order valence-corrected chi connectivity index (χ3v) is 5.89. The molecule has 13 heavy (non-hydrogen) atoms. The third-order valence-electron chi connectivity index (χ3n) is 4.61. The van der Waals surface area contributed by atoms with E-state index in [2.05, 4.69) is 0 Å². The van der Waals surface area contributed by atoms with Crippen LogP contribution in [0.4, 0.5) is 0 Å². The van der Waals surface area contributed by atoms with Gasteiger partial charge in [0.25, 0.3) is 0 Å². The molecule has 2 heteroatoms. The van der Waals surface area contributed by atoms with Crippen LogP contribution in [0.3, 0.4) is 0 Å². The largest absolute Gasteiger partial charge is 0.172 e. The highest BCUT2D eigenvalue weighted by molar-refractivity contribution is 6.93. The molecule has 4 rings (SSSR count). The quantitative estimate of drug-likeness (QED) is 0.486. The summed E-state index contributed by atoms with van der Waals surface area (Å²) in [5.41, 5.74) is 0.731. The van der Waals surface area contributed by atoms with Crippen molar-refractivity contribution in [2.45, 2.75) is 44.6 Å². The van der Waals surface area contributed by atoms with E-state index in [9.17, 15) is 0 Å². The Labute approximate surface area is 88.0 Å². The van der Waals surface area contributed by atoms with Crippen LogP contribution in [0.2, 0.25) is 6.04 Å². The van der Waals surface area contributed by atoms with Gasteiger partial charge in [0.15, 0.2) is 8.83 Å². The molecule has 0 nitrogen and oxygen atoms in total. The van der Waals surface area contributed by atoms with Gasteiger partial charge in [-0.15, -0.1) is 0 Å². The SMILES string of the molecule is Cl[Si]CC12CC3CC(CC(C3)C1)C2. The van der Waals surface area contributed by atoms with E-state index in [1.54, 1.807) is 19.3 Å². The maximum Gasteiger partial charge on any atom is 0.172 e. The monoisotopic (exact) mass is 212 g/mol. The van der Waals surface area contributed by atoms with Gasteiger partial charge in [-0.25, -0.2) is 0 Å². The molecule has 0 spiro atoms. The van der Waals surface area contributed by atoms with Gasteiger partial charge in [-0.3, -0.25) is 0 Å². The predicted octanol–water partition coefficient (Wildman–Crippen LogP) is 3.48. The van der Waals surface area contributed by atoms with Crippen molar-refractivity contribution in [2.75, 3.05) is 0 Å². The van der Waals surface area contributed by atoms with Gasteiger partial charge < -0.3 is 0 Å². The molecular formula is C11H17ClSi. The lowest BCUT2D eigenvalue weighted by Gasteiger charge is -2.57. The first kappa shape index (κ1) is 8.79. The lowest BCUT2D eigenvalue weighted by Crippen LogP contribution is -2.46. The smallest absolute Gasteiger partial charge is 0.171 e. The van der Waals surface area contributed by atoms with Crippen molar-refractivity contribution in [1.29, 1.82) is 0 Å². The van der Waals surface area contributed by atoms with Crippen molar-refractivity contribution in [1.82, 2.24) is 0 Å². The summed E-state index contributed by atoms with van der Waals surface area (Å²) < 4.78 is 0. The van der Waals surface area contributed by atoms with Gasteiger partial charge in [-0.05, 0) is 67.7 Å². The summed E-state index contributed by atoms with van der Waals surface area (Å²) >= 11 is 5.97. The van der Waals surface area contributed by atoms with Gasteiger partial charge in [-0.2, -0.15) is 11.1 Å². The molecule has 0 atom stereocenters. The molecular weight excluding hydrogens is 196 g/mol. The molecule has 0 aromatic rings. The number of rotatable bonds is 2. The standard InChI is InChI=1S/C11H17ClSi/c12-13-7-11-4-8-1-9(5-11)3-10(2-8)6-11/h8-10H,1-7H2. The van der Waals surface area contributed by atoms with Crippen LogP contribution in [-0.4, -0.2) is 8.83 Å². The Kier molecular flexibility index (Phi) is 2.03. The second-order valence-corrected chi connectivity index (χ2v) is 7.15. The molecule has 0 heterocycles. The Hall–Kier alpha value is 0.507. The zero-order chi connectivity index (χ0) is 8.89. The first-order valence-electron chi connectivity index (χ1n) is 5.63. The average Bonchev–Trinajstić information content (AvgIpc) is 2.00. The minimum absolute atomic E-state index is 0.673. The summed E-state index contributed by atoms with van der Waals surface area (Å²) in [6.07, 6.45) is 9.26. The lowest BCUT2D eigenvalue weighted by atomic mass is 9.50. The molecule has 0 N–H and O–H groups in total. The Morgan fingerprint density at radius 2 is 1.46 bits per heavy atom. The summed E-state index contributed by atoms with van der Waals surface area (Å²) in [4.78, 5) is 0. The molecule has 2 radical (unpaired) electrons. The summed E-state index contributed by atoms with van der Waals surface area (Å²) in [5, 5.41) is 0. The van der Waals surface area contributed by atoms with Crippen LogP contribution >= 0.6 is 11.1 Å². The highest BCUT2D eigenvalue weighted by Crippen LogP contribution is 2.61. The zero-order valence-corrected chi connectivity index (χ0v) is 9.82. The second-order valence-electron chi connectivity index (χ2n) is 5.73. The minimum atomic E-state index is 0.673. The summed E-state index contributed by atoms with van der Waals surface area (Å²) in [5.74, 6) is 3.29. The normalized spacial score (nSPS) is 52.8. The molecule has 0 unspecified atom stereocenters. The van der Waals surface area contributed by atoms with Crippen molar-refractivity contribution in [2.24, 2.45) is 23.2 Å². The molecule has 72 valence electrons. The third kappa shape index (κ3) is 1.39. The van der Waals surface area contributed by atoms with Crippen molar-refractivity contribution < 1.29 is 0 Å². The molecule has 0 amide bonds. The second kappa shape index (κ2) is 3.00. The van der Waals surface area contributed by atoms with Crippen LogP contribution in [0.25, 0.3) is 0 Å². The topological polar surface area (TPSA) is 0 Å². The van der Waals surface area contributed by atoms with Crippen LogP contribution in [0.5, 0.6) is 0 Å². The molecule has 4 saturated carbocycles. The van der Waals surface area contributed by atoms with Crippen molar-refractivity contribution in [3.05, 3.63) is 0 Å². The van der Waals surface area contributed by atoms with Crippen LogP contribution < -0.4 is 0 Å². The van der Waals surface area contributed by atoms with Gasteiger partial charge >= 0.3 is 0 Å². The average molecular weight is 213 g/mol. The highest BCUT2D eigenvalue weighted by atomic mass is 35.6. The molecule has 4 fully saturated rings. The fourth-order valence-corrected chi connectivity index (χ4v) is 6.22. The van der Waals surface area contributed by atoms with Crippen LogP contribution in [0.15, 0.2) is 0 Å². The molecule has 4 aliphatic rings. The van der Waals surface area contributed by atoms with E-state index in [-0.39, 0.29) is 0 Å². The van der Waals surface area contributed by atoms with Gasteiger partial charge in [0, 0.05) is 0 Å². The van der Waals surface area contributed by atoms with E-state index in [1.807, 2.05) is 0 Å². The van der Waals surface area contributed by atoms with E-state index >= 15 is 0 Å². The number of hydrogen-bond acceptors (Lipinski definition) is 0. The first-order valence-corrected chi connectivity index (χ1v) is 7.85. The van der Waals surface area contributed by atoms with Gasteiger partial charge in [0.1, 0.15) is 0 Å². The maximum absolute atomic E-state index is 5.97. The highest BCUT2D eigenvalue weighted by Gasteiger charge is 2.50.